The van der Waals surface area contributed by atoms with Crippen LogP contribution in [0.4, 0.5) is 5.69 Å². The highest BCUT2D eigenvalue weighted by Gasteiger charge is 2.23. The normalized spacial score (nSPS) is 14.8. The molecule has 21 heavy (non-hydrogen) atoms. The third-order valence-corrected chi connectivity index (χ3v) is 3.98. The second-order valence-electron chi connectivity index (χ2n) is 5.49. The fourth-order valence-electron chi connectivity index (χ4n) is 2.57. The summed E-state index contributed by atoms with van der Waals surface area (Å²) in [5.74, 6) is -1.19. The van der Waals surface area contributed by atoms with Crippen LogP contribution in [0, 0.1) is 0 Å². The summed E-state index contributed by atoms with van der Waals surface area (Å²) < 4.78 is 0. The molecule has 1 unspecified atom stereocenters. The molecule has 1 atom stereocenters. The molecule has 1 aromatic carbocycles. The van der Waals surface area contributed by atoms with Crippen LogP contribution in [0.25, 0.3) is 0 Å². The molecule has 0 saturated heterocycles. The van der Waals surface area contributed by atoms with E-state index in [1.165, 1.54) is 4.90 Å². The zero-order valence-electron chi connectivity index (χ0n) is 12.6. The molecule has 114 valence electrons. The first-order valence-corrected chi connectivity index (χ1v) is 7.42. The van der Waals surface area contributed by atoms with Gasteiger partial charge >= 0.3 is 5.97 Å². The Balaban J connectivity index is 2.25. The number of hydrogen-bond acceptors (Lipinski definition) is 3. The highest BCUT2D eigenvalue weighted by molar-refractivity contribution is 5.96. The number of carbonyl (C=O) groups excluding carboxylic acids is 1. The Kier molecular flexibility index (Phi) is 4.83. The second kappa shape index (κ2) is 6.61. The lowest BCUT2D eigenvalue weighted by Crippen LogP contribution is -2.41. The van der Waals surface area contributed by atoms with E-state index in [9.17, 15) is 9.59 Å². The Labute approximate surface area is 125 Å². The Morgan fingerprint density at radius 1 is 1.43 bits per heavy atom. The quantitative estimate of drug-likeness (QED) is 0.873. The topological polar surface area (TPSA) is 69.6 Å². The van der Waals surface area contributed by atoms with Crippen molar-refractivity contribution in [3.8, 4) is 0 Å². The van der Waals surface area contributed by atoms with Gasteiger partial charge in [0, 0.05) is 23.8 Å². The molecule has 5 nitrogen and oxygen atoms in total. The van der Waals surface area contributed by atoms with Crippen molar-refractivity contribution in [2.75, 3.05) is 18.4 Å². The van der Waals surface area contributed by atoms with Crippen molar-refractivity contribution in [1.82, 2.24) is 4.90 Å². The van der Waals surface area contributed by atoms with Crippen molar-refractivity contribution in [3.63, 3.8) is 0 Å². The maximum Gasteiger partial charge on any atom is 0.323 e. The van der Waals surface area contributed by atoms with Crippen molar-refractivity contribution in [2.45, 2.75) is 39.2 Å². The predicted molar refractivity (Wildman–Crippen MR) is 81.7 cm³/mol. The lowest BCUT2D eigenvalue weighted by Gasteiger charge is -2.27. The van der Waals surface area contributed by atoms with Crippen LogP contribution in [-0.2, 0) is 11.2 Å². The minimum absolute atomic E-state index is 0.0947. The fourth-order valence-corrected chi connectivity index (χ4v) is 2.57. The van der Waals surface area contributed by atoms with Gasteiger partial charge in [0.15, 0.2) is 0 Å². The molecule has 1 aliphatic heterocycles. The van der Waals surface area contributed by atoms with E-state index in [0.717, 1.165) is 37.1 Å². The van der Waals surface area contributed by atoms with Crippen molar-refractivity contribution in [3.05, 3.63) is 29.3 Å². The number of carboxylic acid groups (broad SMARTS) is 1. The first kappa shape index (κ1) is 15.4. The van der Waals surface area contributed by atoms with Crippen LogP contribution in [0.15, 0.2) is 18.2 Å². The standard InChI is InChI=1S/C16H22N2O3/c1-3-11(2)18(10-15(19)20)16(21)13-6-7-14-12(9-13)5-4-8-17-14/h6-7,9,11,17H,3-5,8,10H2,1-2H3,(H,19,20). The maximum absolute atomic E-state index is 12.6. The van der Waals surface area contributed by atoms with E-state index in [1.807, 2.05) is 26.0 Å². The minimum atomic E-state index is -0.983. The highest BCUT2D eigenvalue weighted by Crippen LogP contribution is 2.24. The number of fused-ring (bicyclic) bond motifs is 1. The highest BCUT2D eigenvalue weighted by atomic mass is 16.4. The molecule has 0 aromatic heterocycles. The number of benzene rings is 1. The van der Waals surface area contributed by atoms with Crippen LogP contribution in [-0.4, -0.2) is 41.0 Å². The molecule has 1 amide bonds. The number of aryl methyl sites for hydroxylation is 1. The number of nitrogens with one attached hydrogen (secondary N) is 1. The third kappa shape index (κ3) is 3.54. The lowest BCUT2D eigenvalue weighted by atomic mass is 10.00. The molecule has 2 N–H and O–H groups in total. The van der Waals surface area contributed by atoms with Gasteiger partial charge < -0.3 is 15.3 Å². The minimum Gasteiger partial charge on any atom is -0.480 e. The monoisotopic (exact) mass is 290 g/mol. The van der Waals surface area contributed by atoms with Crippen LogP contribution in [0.5, 0.6) is 0 Å². The molecule has 0 radical (unpaired) electrons. The van der Waals surface area contributed by atoms with Crippen molar-refractivity contribution in [1.29, 1.82) is 0 Å². The summed E-state index contributed by atoms with van der Waals surface area (Å²) >= 11 is 0. The Hall–Kier alpha value is -2.04. The number of rotatable bonds is 5. The van der Waals surface area contributed by atoms with Gasteiger partial charge in [0.2, 0.25) is 0 Å². The number of carbonyl (C=O) groups is 2. The van der Waals surface area contributed by atoms with E-state index in [0.29, 0.717) is 5.56 Å². The molecule has 0 spiro atoms. The van der Waals surface area contributed by atoms with Crippen molar-refractivity contribution < 1.29 is 14.7 Å². The van der Waals surface area contributed by atoms with E-state index in [1.54, 1.807) is 6.07 Å². The van der Waals surface area contributed by atoms with Gasteiger partial charge in [0.1, 0.15) is 6.54 Å². The zero-order chi connectivity index (χ0) is 15.4. The Morgan fingerprint density at radius 3 is 2.86 bits per heavy atom. The van der Waals surface area contributed by atoms with Crippen LogP contribution in [0.3, 0.4) is 0 Å². The summed E-state index contributed by atoms with van der Waals surface area (Å²) in [6.45, 7) is 4.52. The first-order chi connectivity index (χ1) is 10.0. The Morgan fingerprint density at radius 2 is 2.19 bits per heavy atom. The van der Waals surface area contributed by atoms with E-state index < -0.39 is 5.97 Å². The summed E-state index contributed by atoms with van der Waals surface area (Å²) in [6, 6.07) is 5.48. The molecule has 0 aliphatic carbocycles. The van der Waals surface area contributed by atoms with Crippen LogP contribution in [0.2, 0.25) is 0 Å². The van der Waals surface area contributed by atoms with E-state index in [4.69, 9.17) is 5.11 Å². The summed E-state index contributed by atoms with van der Waals surface area (Å²) in [4.78, 5) is 25.0. The summed E-state index contributed by atoms with van der Waals surface area (Å²) in [5.41, 5.74) is 2.77. The predicted octanol–water partition coefficient (Wildman–Crippen LogP) is 2.37. The second-order valence-corrected chi connectivity index (χ2v) is 5.49. The van der Waals surface area contributed by atoms with Gasteiger partial charge in [-0.2, -0.15) is 0 Å². The fraction of sp³-hybridized carbons (Fsp3) is 0.500. The first-order valence-electron chi connectivity index (χ1n) is 7.42. The molecule has 1 aliphatic rings. The summed E-state index contributed by atoms with van der Waals surface area (Å²) in [7, 11) is 0. The summed E-state index contributed by atoms with van der Waals surface area (Å²) in [5, 5.41) is 12.3. The molecular weight excluding hydrogens is 268 g/mol. The smallest absolute Gasteiger partial charge is 0.323 e. The van der Waals surface area contributed by atoms with Gasteiger partial charge in [-0.25, -0.2) is 0 Å². The number of amides is 1. The van der Waals surface area contributed by atoms with Crippen molar-refractivity contribution >= 4 is 17.6 Å². The van der Waals surface area contributed by atoms with Crippen LogP contribution < -0.4 is 5.32 Å². The average molecular weight is 290 g/mol. The molecule has 0 bridgehead atoms. The van der Waals surface area contributed by atoms with E-state index in [-0.39, 0.29) is 18.5 Å². The number of aliphatic carboxylic acids is 1. The Bertz CT molecular complexity index is 542. The van der Waals surface area contributed by atoms with Gasteiger partial charge in [0.25, 0.3) is 5.91 Å². The number of hydrogen-bond donors (Lipinski definition) is 2. The third-order valence-electron chi connectivity index (χ3n) is 3.98. The van der Waals surface area contributed by atoms with Gasteiger partial charge in [-0.05, 0) is 49.9 Å². The largest absolute Gasteiger partial charge is 0.480 e. The molecular formula is C16H22N2O3. The molecule has 5 heteroatoms. The summed E-state index contributed by atoms with van der Waals surface area (Å²) in [6.07, 6.45) is 2.73. The maximum atomic E-state index is 12.6. The number of nitrogens with zero attached hydrogens (tertiary/aromatic N) is 1. The van der Waals surface area contributed by atoms with Crippen molar-refractivity contribution in [2.24, 2.45) is 0 Å². The average Bonchev–Trinajstić information content (AvgIpc) is 2.50. The molecule has 2 rings (SSSR count). The van der Waals surface area contributed by atoms with Crippen LogP contribution in [0.1, 0.15) is 42.6 Å². The molecule has 0 saturated carbocycles. The lowest BCUT2D eigenvalue weighted by molar-refractivity contribution is -0.138. The van der Waals surface area contributed by atoms with Crippen LogP contribution >= 0.6 is 0 Å². The van der Waals surface area contributed by atoms with Gasteiger partial charge in [-0.3, -0.25) is 9.59 Å². The van der Waals surface area contributed by atoms with E-state index in [2.05, 4.69) is 5.32 Å². The van der Waals surface area contributed by atoms with Gasteiger partial charge in [-0.15, -0.1) is 0 Å². The zero-order valence-corrected chi connectivity index (χ0v) is 12.6. The number of carboxylic acids is 1. The molecule has 1 heterocycles. The molecule has 0 fully saturated rings. The van der Waals surface area contributed by atoms with E-state index >= 15 is 0 Å². The van der Waals surface area contributed by atoms with Gasteiger partial charge in [-0.1, -0.05) is 6.92 Å². The number of anilines is 1. The molecule has 1 aromatic rings. The SMILES string of the molecule is CCC(C)N(CC(=O)O)C(=O)c1ccc2c(c1)CCCN2. The van der Waals surface area contributed by atoms with Gasteiger partial charge in [0.05, 0.1) is 0 Å².